The van der Waals surface area contributed by atoms with Gasteiger partial charge in [0.2, 0.25) is 12.2 Å². The lowest BCUT2D eigenvalue weighted by molar-refractivity contribution is -0.213. The highest BCUT2D eigenvalue weighted by Crippen LogP contribution is 2.33. The summed E-state index contributed by atoms with van der Waals surface area (Å²) >= 11 is 0. The Balaban J connectivity index is 1.71. The van der Waals surface area contributed by atoms with Crippen molar-refractivity contribution < 1.29 is 19.0 Å². The van der Waals surface area contributed by atoms with Gasteiger partial charge in [0.1, 0.15) is 5.82 Å². The zero-order valence-electron chi connectivity index (χ0n) is 16.2. The number of aromatic amines is 1. The Morgan fingerprint density at radius 3 is 2.63 bits per heavy atom. The van der Waals surface area contributed by atoms with Crippen LogP contribution in [0, 0.1) is 11.7 Å². The lowest BCUT2D eigenvalue weighted by Gasteiger charge is -2.26. The number of nitrogens with zero attached hydrogens (tertiary/aromatic N) is 3. The Morgan fingerprint density at radius 2 is 1.93 bits per heavy atom. The standard InChI is InChI=1S/C20H23FN6O3/c21-14-3-1-13(2-4-14)16-17(15-5-7-23-20(25-15)24-8-6-22)27-18(26-16)19-29-10-12(9-28)11-30-19/h1-5,7,12,19,28H,6,8-11,22H2,(H,26,27)(H,23,24,25). The summed E-state index contributed by atoms with van der Waals surface area (Å²) in [5.74, 6) is 0.511. The third-order valence-corrected chi connectivity index (χ3v) is 4.63. The minimum atomic E-state index is -0.697. The maximum Gasteiger partial charge on any atom is 0.223 e. The van der Waals surface area contributed by atoms with E-state index < -0.39 is 6.29 Å². The Morgan fingerprint density at radius 1 is 1.17 bits per heavy atom. The number of aliphatic hydroxyl groups is 1. The van der Waals surface area contributed by atoms with Gasteiger partial charge in [0.05, 0.1) is 36.9 Å². The van der Waals surface area contributed by atoms with Crippen LogP contribution in [0.1, 0.15) is 12.1 Å². The fourth-order valence-corrected chi connectivity index (χ4v) is 3.08. The molecule has 3 heterocycles. The van der Waals surface area contributed by atoms with Gasteiger partial charge in [-0.1, -0.05) is 0 Å². The largest absolute Gasteiger partial charge is 0.396 e. The summed E-state index contributed by atoms with van der Waals surface area (Å²) in [6, 6.07) is 7.81. The maximum absolute atomic E-state index is 13.4. The minimum absolute atomic E-state index is 0.00351. The molecule has 1 fully saturated rings. The molecule has 3 aromatic rings. The lowest BCUT2D eigenvalue weighted by atomic mass is 10.1. The van der Waals surface area contributed by atoms with Crippen molar-refractivity contribution in [2.24, 2.45) is 11.7 Å². The van der Waals surface area contributed by atoms with E-state index in [0.717, 1.165) is 0 Å². The first-order valence-electron chi connectivity index (χ1n) is 9.65. The highest BCUT2D eigenvalue weighted by Gasteiger charge is 2.27. The van der Waals surface area contributed by atoms with E-state index in [-0.39, 0.29) is 18.3 Å². The number of benzene rings is 1. The predicted molar refractivity (Wildman–Crippen MR) is 108 cm³/mol. The van der Waals surface area contributed by atoms with Gasteiger partial charge in [-0.05, 0) is 30.3 Å². The molecule has 10 heteroatoms. The highest BCUT2D eigenvalue weighted by molar-refractivity contribution is 5.77. The summed E-state index contributed by atoms with van der Waals surface area (Å²) in [6.45, 7) is 1.72. The van der Waals surface area contributed by atoms with E-state index in [0.29, 0.717) is 60.7 Å². The molecule has 30 heavy (non-hydrogen) atoms. The second-order valence-corrected chi connectivity index (χ2v) is 6.88. The number of imidazole rings is 1. The van der Waals surface area contributed by atoms with Gasteiger partial charge in [-0.25, -0.2) is 19.3 Å². The molecule has 0 unspecified atom stereocenters. The van der Waals surface area contributed by atoms with Crippen LogP contribution in [-0.2, 0) is 9.47 Å². The number of aliphatic hydroxyl groups excluding tert-OH is 1. The van der Waals surface area contributed by atoms with Crippen LogP contribution in [0.25, 0.3) is 22.6 Å². The molecule has 1 aliphatic rings. The molecular formula is C20H23FN6O3. The quantitative estimate of drug-likeness (QED) is 0.459. The summed E-state index contributed by atoms with van der Waals surface area (Å²) in [6.07, 6.45) is 0.938. The monoisotopic (exact) mass is 414 g/mol. The fraction of sp³-hybridized carbons (Fsp3) is 0.350. The van der Waals surface area contributed by atoms with Crippen molar-refractivity contribution in [3.63, 3.8) is 0 Å². The van der Waals surface area contributed by atoms with Crippen LogP contribution in [0.4, 0.5) is 10.3 Å². The number of rotatable bonds is 7. The first-order valence-corrected chi connectivity index (χ1v) is 9.65. The predicted octanol–water partition coefficient (Wildman–Crippen LogP) is 1.70. The SMILES string of the molecule is NCCNc1nccc(-c2[nH]c(C3OCC(CO)CO3)nc2-c2ccc(F)cc2)n1. The Hall–Kier alpha value is -2.92. The molecule has 0 bridgehead atoms. The molecule has 1 aromatic carbocycles. The summed E-state index contributed by atoms with van der Waals surface area (Å²) in [7, 11) is 0. The normalized spacial score (nSPS) is 19.0. The van der Waals surface area contributed by atoms with Gasteiger partial charge in [-0.2, -0.15) is 0 Å². The number of nitrogens with two attached hydrogens (primary N) is 1. The van der Waals surface area contributed by atoms with Crippen molar-refractivity contribution in [1.29, 1.82) is 0 Å². The average Bonchev–Trinajstić information content (AvgIpc) is 3.24. The molecule has 0 radical (unpaired) electrons. The number of aromatic nitrogens is 4. The highest BCUT2D eigenvalue weighted by atomic mass is 19.1. The lowest BCUT2D eigenvalue weighted by Crippen LogP contribution is -2.29. The summed E-state index contributed by atoms with van der Waals surface area (Å²) in [5.41, 5.74) is 8.07. The molecule has 2 aromatic heterocycles. The van der Waals surface area contributed by atoms with Crippen molar-refractivity contribution in [2.75, 3.05) is 38.2 Å². The van der Waals surface area contributed by atoms with Crippen LogP contribution in [0.15, 0.2) is 36.5 Å². The van der Waals surface area contributed by atoms with E-state index in [1.54, 1.807) is 24.4 Å². The Labute approximate surface area is 172 Å². The van der Waals surface area contributed by atoms with Gasteiger partial charge in [0.25, 0.3) is 0 Å². The molecular weight excluding hydrogens is 391 g/mol. The summed E-state index contributed by atoms with van der Waals surface area (Å²) < 4.78 is 24.9. The van der Waals surface area contributed by atoms with E-state index in [4.69, 9.17) is 15.2 Å². The zero-order valence-corrected chi connectivity index (χ0v) is 16.2. The van der Waals surface area contributed by atoms with Crippen molar-refractivity contribution in [1.82, 2.24) is 19.9 Å². The summed E-state index contributed by atoms with van der Waals surface area (Å²) in [5, 5.41) is 12.3. The summed E-state index contributed by atoms with van der Waals surface area (Å²) in [4.78, 5) is 16.6. The van der Waals surface area contributed by atoms with Gasteiger partial charge in [0.15, 0.2) is 5.82 Å². The van der Waals surface area contributed by atoms with Crippen molar-refractivity contribution in [3.8, 4) is 22.6 Å². The smallest absolute Gasteiger partial charge is 0.223 e. The van der Waals surface area contributed by atoms with Gasteiger partial charge < -0.3 is 30.6 Å². The molecule has 0 aliphatic carbocycles. The number of nitrogens with one attached hydrogen (secondary N) is 2. The molecule has 1 aliphatic heterocycles. The number of H-pyrrole nitrogens is 1. The maximum atomic E-state index is 13.4. The Bertz CT molecular complexity index is 973. The van der Waals surface area contributed by atoms with E-state index in [2.05, 4.69) is 25.3 Å². The van der Waals surface area contributed by atoms with Crippen molar-refractivity contribution >= 4 is 5.95 Å². The van der Waals surface area contributed by atoms with E-state index in [9.17, 15) is 9.50 Å². The molecule has 0 amide bonds. The molecule has 0 spiro atoms. The van der Waals surface area contributed by atoms with E-state index in [1.165, 1.54) is 12.1 Å². The number of hydrogen-bond donors (Lipinski definition) is 4. The minimum Gasteiger partial charge on any atom is -0.396 e. The Kier molecular flexibility index (Phi) is 6.29. The van der Waals surface area contributed by atoms with Crippen molar-refractivity contribution in [2.45, 2.75) is 6.29 Å². The number of hydrogen-bond acceptors (Lipinski definition) is 8. The third-order valence-electron chi connectivity index (χ3n) is 4.63. The average molecular weight is 414 g/mol. The van der Waals surface area contributed by atoms with Crippen LogP contribution in [0.5, 0.6) is 0 Å². The van der Waals surface area contributed by atoms with E-state index >= 15 is 0 Å². The second-order valence-electron chi connectivity index (χ2n) is 6.88. The van der Waals surface area contributed by atoms with Gasteiger partial charge in [-0.15, -0.1) is 0 Å². The zero-order chi connectivity index (χ0) is 20.9. The molecule has 1 saturated heterocycles. The molecule has 5 N–H and O–H groups in total. The molecule has 158 valence electrons. The second kappa shape index (κ2) is 9.26. The van der Waals surface area contributed by atoms with Gasteiger partial charge in [0, 0.05) is 30.8 Å². The first-order chi connectivity index (χ1) is 14.7. The first kappa shape index (κ1) is 20.4. The topological polar surface area (TPSA) is 131 Å². The molecule has 4 rings (SSSR count). The molecule has 0 saturated carbocycles. The fourth-order valence-electron chi connectivity index (χ4n) is 3.08. The van der Waals surface area contributed by atoms with Crippen LogP contribution >= 0.6 is 0 Å². The van der Waals surface area contributed by atoms with Crippen LogP contribution in [0.3, 0.4) is 0 Å². The third kappa shape index (κ3) is 4.46. The number of ether oxygens (including phenoxy) is 2. The van der Waals surface area contributed by atoms with Crippen LogP contribution in [0.2, 0.25) is 0 Å². The number of halogens is 1. The molecule has 9 nitrogen and oxygen atoms in total. The van der Waals surface area contributed by atoms with Crippen LogP contribution in [-0.4, -0.2) is 58.0 Å². The van der Waals surface area contributed by atoms with Crippen LogP contribution < -0.4 is 11.1 Å². The van der Waals surface area contributed by atoms with Gasteiger partial charge in [-0.3, -0.25) is 0 Å². The van der Waals surface area contributed by atoms with Gasteiger partial charge >= 0.3 is 0 Å². The van der Waals surface area contributed by atoms with Crippen molar-refractivity contribution in [3.05, 3.63) is 48.2 Å². The van der Waals surface area contributed by atoms with E-state index in [1.807, 2.05) is 0 Å². The number of anilines is 1. The molecule has 0 atom stereocenters.